The summed E-state index contributed by atoms with van der Waals surface area (Å²) in [6.07, 6.45) is 9.30. The van der Waals surface area contributed by atoms with Crippen LogP contribution in [-0.4, -0.2) is 36.0 Å². The Hall–Kier alpha value is -0.120. The fraction of sp³-hybridized carbons (Fsp3) is 1.00. The molecule has 0 spiro atoms. The molecule has 3 saturated carbocycles. The van der Waals surface area contributed by atoms with Crippen LogP contribution in [0, 0.1) is 5.92 Å². The van der Waals surface area contributed by atoms with Gasteiger partial charge in [0.1, 0.15) is 0 Å². The van der Waals surface area contributed by atoms with Crippen LogP contribution in [0.4, 0.5) is 0 Å². The van der Waals surface area contributed by atoms with Crippen molar-refractivity contribution in [3.63, 3.8) is 0 Å². The molecule has 0 aromatic carbocycles. The molecule has 0 saturated heterocycles. The van der Waals surface area contributed by atoms with Crippen LogP contribution < -0.4 is 5.32 Å². The first-order chi connectivity index (χ1) is 7.82. The molecule has 0 amide bonds. The first kappa shape index (κ1) is 11.0. The van der Waals surface area contributed by atoms with Gasteiger partial charge in [-0.3, -0.25) is 0 Å². The van der Waals surface area contributed by atoms with Crippen molar-refractivity contribution >= 4 is 0 Å². The minimum Gasteiger partial charge on any atom is -0.394 e. The summed E-state index contributed by atoms with van der Waals surface area (Å²) in [6, 6.07) is 0.651. The van der Waals surface area contributed by atoms with Gasteiger partial charge in [0, 0.05) is 6.04 Å². The van der Waals surface area contributed by atoms with E-state index >= 15 is 0 Å². The summed E-state index contributed by atoms with van der Waals surface area (Å²) in [4.78, 5) is 0. The van der Waals surface area contributed by atoms with Crippen molar-refractivity contribution in [3.05, 3.63) is 0 Å². The molecular formula is C13H23NO2. The number of rotatable bonds is 7. The molecule has 3 aliphatic rings. The Morgan fingerprint density at radius 1 is 1.12 bits per heavy atom. The van der Waals surface area contributed by atoms with Crippen molar-refractivity contribution in [1.29, 1.82) is 0 Å². The van der Waals surface area contributed by atoms with E-state index in [0.29, 0.717) is 18.1 Å². The molecule has 2 N–H and O–H groups in total. The Morgan fingerprint density at radius 3 is 2.31 bits per heavy atom. The van der Waals surface area contributed by atoms with Crippen LogP contribution >= 0.6 is 0 Å². The second-order valence-electron chi connectivity index (χ2n) is 5.87. The molecular weight excluding hydrogens is 202 g/mol. The number of nitrogens with one attached hydrogen (secondary N) is 1. The van der Waals surface area contributed by atoms with Crippen LogP contribution in [0.15, 0.2) is 0 Å². The quantitative estimate of drug-likeness (QED) is 0.689. The lowest BCUT2D eigenvalue weighted by atomic mass is 9.93. The summed E-state index contributed by atoms with van der Waals surface area (Å²) in [5.74, 6) is 0.651. The molecule has 0 aliphatic heterocycles. The van der Waals surface area contributed by atoms with Crippen LogP contribution in [0.1, 0.15) is 44.9 Å². The monoisotopic (exact) mass is 225 g/mol. The lowest BCUT2D eigenvalue weighted by Gasteiger charge is -2.36. The van der Waals surface area contributed by atoms with Gasteiger partial charge >= 0.3 is 0 Å². The smallest absolute Gasteiger partial charge is 0.0681 e. The van der Waals surface area contributed by atoms with E-state index < -0.39 is 0 Å². The average Bonchev–Trinajstić information content (AvgIpc) is 3.06. The molecule has 0 radical (unpaired) electrons. The van der Waals surface area contributed by atoms with E-state index in [2.05, 4.69) is 5.32 Å². The van der Waals surface area contributed by atoms with Gasteiger partial charge in [0.25, 0.3) is 0 Å². The second-order valence-corrected chi connectivity index (χ2v) is 5.87. The zero-order valence-electron chi connectivity index (χ0n) is 9.95. The number of ether oxygens (including phenoxy) is 1. The average molecular weight is 225 g/mol. The summed E-state index contributed by atoms with van der Waals surface area (Å²) >= 11 is 0. The number of hydrogen-bond donors (Lipinski definition) is 2. The van der Waals surface area contributed by atoms with Crippen molar-refractivity contribution in [1.82, 2.24) is 5.32 Å². The molecule has 0 aromatic rings. The van der Waals surface area contributed by atoms with Gasteiger partial charge in [-0.05, 0) is 50.9 Å². The molecule has 3 fully saturated rings. The van der Waals surface area contributed by atoms with E-state index in [0.717, 1.165) is 6.61 Å². The lowest BCUT2D eigenvalue weighted by molar-refractivity contribution is -0.0491. The molecule has 3 rings (SSSR count). The molecule has 3 nitrogen and oxygen atoms in total. The lowest BCUT2D eigenvalue weighted by Crippen LogP contribution is -2.56. The SMILES string of the molecule is OCC(COC1CCC1)(NC1CC1)C1CC1. The van der Waals surface area contributed by atoms with Gasteiger partial charge in [-0.2, -0.15) is 0 Å². The Labute approximate surface area is 97.6 Å². The maximum Gasteiger partial charge on any atom is 0.0681 e. The van der Waals surface area contributed by atoms with E-state index in [-0.39, 0.29) is 12.1 Å². The van der Waals surface area contributed by atoms with E-state index in [1.165, 1.54) is 44.9 Å². The fourth-order valence-electron chi connectivity index (χ4n) is 2.57. The van der Waals surface area contributed by atoms with Gasteiger partial charge in [-0.25, -0.2) is 0 Å². The first-order valence-corrected chi connectivity index (χ1v) is 6.82. The fourth-order valence-corrected chi connectivity index (χ4v) is 2.57. The van der Waals surface area contributed by atoms with Crippen LogP contribution in [0.25, 0.3) is 0 Å². The largest absolute Gasteiger partial charge is 0.394 e. The van der Waals surface area contributed by atoms with Gasteiger partial charge in [0.05, 0.1) is 24.9 Å². The van der Waals surface area contributed by atoms with Crippen molar-refractivity contribution < 1.29 is 9.84 Å². The minimum absolute atomic E-state index is 0.114. The normalized spacial score (nSPS) is 29.8. The molecule has 0 heterocycles. The molecule has 1 unspecified atom stereocenters. The van der Waals surface area contributed by atoms with E-state index in [9.17, 15) is 5.11 Å². The van der Waals surface area contributed by atoms with Crippen molar-refractivity contribution in [3.8, 4) is 0 Å². The van der Waals surface area contributed by atoms with Crippen molar-refractivity contribution in [2.24, 2.45) is 5.92 Å². The minimum atomic E-state index is -0.114. The third kappa shape index (κ3) is 2.27. The Morgan fingerprint density at radius 2 is 1.88 bits per heavy atom. The van der Waals surface area contributed by atoms with Gasteiger partial charge in [-0.15, -0.1) is 0 Å². The summed E-state index contributed by atoms with van der Waals surface area (Å²) in [6.45, 7) is 0.955. The molecule has 0 aromatic heterocycles. The Kier molecular flexibility index (Phi) is 2.94. The molecule has 0 bridgehead atoms. The van der Waals surface area contributed by atoms with E-state index in [4.69, 9.17) is 4.74 Å². The predicted octanol–water partition coefficient (Wildman–Crippen LogP) is 1.45. The third-order valence-electron chi connectivity index (χ3n) is 4.34. The van der Waals surface area contributed by atoms with Crippen molar-refractivity contribution in [2.75, 3.05) is 13.2 Å². The Bertz CT molecular complexity index is 246. The number of hydrogen-bond acceptors (Lipinski definition) is 3. The van der Waals surface area contributed by atoms with Crippen LogP contribution in [0.2, 0.25) is 0 Å². The zero-order chi connectivity index (χ0) is 11.0. The highest BCUT2D eigenvalue weighted by atomic mass is 16.5. The van der Waals surface area contributed by atoms with Crippen molar-refractivity contribution in [2.45, 2.75) is 62.6 Å². The first-order valence-electron chi connectivity index (χ1n) is 6.82. The van der Waals surface area contributed by atoms with Gasteiger partial charge < -0.3 is 15.2 Å². The molecule has 1 atom stereocenters. The standard InChI is InChI=1S/C13H23NO2/c15-8-13(10-4-5-10,14-11-6-7-11)9-16-12-2-1-3-12/h10-12,14-15H,1-9H2. The molecule has 16 heavy (non-hydrogen) atoms. The highest BCUT2D eigenvalue weighted by Crippen LogP contribution is 2.42. The molecule has 3 aliphatic carbocycles. The highest BCUT2D eigenvalue weighted by Gasteiger charge is 2.48. The predicted molar refractivity (Wildman–Crippen MR) is 62.3 cm³/mol. The highest BCUT2D eigenvalue weighted by molar-refractivity contribution is 5.04. The van der Waals surface area contributed by atoms with Gasteiger partial charge in [-0.1, -0.05) is 0 Å². The Balaban J connectivity index is 1.56. The molecule has 92 valence electrons. The maximum absolute atomic E-state index is 9.72. The van der Waals surface area contributed by atoms with Gasteiger partial charge in [0.2, 0.25) is 0 Å². The number of aliphatic hydroxyl groups excluding tert-OH is 1. The van der Waals surface area contributed by atoms with Crippen LogP contribution in [0.3, 0.4) is 0 Å². The second kappa shape index (κ2) is 4.28. The summed E-state index contributed by atoms with van der Waals surface area (Å²) in [5.41, 5.74) is -0.114. The summed E-state index contributed by atoms with van der Waals surface area (Å²) < 4.78 is 5.94. The third-order valence-corrected chi connectivity index (χ3v) is 4.34. The maximum atomic E-state index is 9.72. The number of aliphatic hydroxyl groups is 1. The summed E-state index contributed by atoms with van der Waals surface area (Å²) in [5, 5.41) is 13.4. The van der Waals surface area contributed by atoms with Crippen LogP contribution in [0.5, 0.6) is 0 Å². The molecule has 3 heteroatoms. The van der Waals surface area contributed by atoms with E-state index in [1.807, 2.05) is 0 Å². The van der Waals surface area contributed by atoms with Crippen LogP contribution in [-0.2, 0) is 4.74 Å². The van der Waals surface area contributed by atoms with E-state index in [1.54, 1.807) is 0 Å². The van der Waals surface area contributed by atoms with Gasteiger partial charge in [0.15, 0.2) is 0 Å². The summed E-state index contributed by atoms with van der Waals surface area (Å²) in [7, 11) is 0. The zero-order valence-corrected chi connectivity index (χ0v) is 9.95. The topological polar surface area (TPSA) is 41.5 Å².